The minimum Gasteiger partial charge on any atom is -0.391 e. The Morgan fingerprint density at radius 2 is 1.78 bits per heavy atom. The molecular formula is C12H16ClNO3S. The molecular weight excluding hydrogens is 274 g/mol. The smallest absolute Gasteiger partial charge is 0.240 e. The molecule has 1 saturated carbocycles. The Hall–Kier alpha value is -0.620. The first-order valence-corrected chi connectivity index (χ1v) is 7.81. The second-order valence-corrected chi connectivity index (χ2v) is 6.68. The summed E-state index contributed by atoms with van der Waals surface area (Å²) in [5, 5.41) is 10.3. The Balaban J connectivity index is 2.13. The van der Waals surface area contributed by atoms with E-state index in [1.165, 1.54) is 24.3 Å². The number of sulfonamides is 1. The van der Waals surface area contributed by atoms with Gasteiger partial charge >= 0.3 is 0 Å². The van der Waals surface area contributed by atoms with Crippen LogP contribution in [0.4, 0.5) is 0 Å². The molecule has 2 N–H and O–H groups in total. The highest BCUT2D eigenvalue weighted by Crippen LogP contribution is 2.21. The van der Waals surface area contributed by atoms with Crippen LogP contribution in [-0.4, -0.2) is 25.7 Å². The molecule has 0 aliphatic heterocycles. The molecule has 1 aromatic carbocycles. The van der Waals surface area contributed by atoms with Gasteiger partial charge < -0.3 is 5.11 Å². The lowest BCUT2D eigenvalue weighted by Gasteiger charge is -2.28. The summed E-state index contributed by atoms with van der Waals surface area (Å²) in [6, 6.07) is 5.60. The van der Waals surface area contributed by atoms with Crippen molar-refractivity contribution >= 4 is 21.6 Å². The lowest BCUT2D eigenvalue weighted by atomic mass is 9.93. The van der Waals surface area contributed by atoms with Crippen LogP contribution in [0, 0.1) is 0 Å². The van der Waals surface area contributed by atoms with Crippen LogP contribution in [-0.2, 0) is 10.0 Å². The van der Waals surface area contributed by atoms with Crippen LogP contribution in [0.2, 0.25) is 5.02 Å². The fourth-order valence-corrected chi connectivity index (χ4v) is 3.56. The van der Waals surface area contributed by atoms with Gasteiger partial charge in [-0.2, -0.15) is 0 Å². The highest BCUT2D eigenvalue weighted by Gasteiger charge is 2.27. The summed E-state index contributed by atoms with van der Waals surface area (Å²) in [5.74, 6) is 0. The maximum absolute atomic E-state index is 12.1. The van der Waals surface area contributed by atoms with Crippen molar-refractivity contribution < 1.29 is 13.5 Å². The van der Waals surface area contributed by atoms with E-state index in [9.17, 15) is 13.5 Å². The number of halogens is 1. The Morgan fingerprint density at radius 1 is 1.17 bits per heavy atom. The van der Waals surface area contributed by atoms with Gasteiger partial charge in [-0.3, -0.25) is 0 Å². The Morgan fingerprint density at radius 3 is 2.39 bits per heavy atom. The minimum absolute atomic E-state index is 0.171. The molecule has 2 atom stereocenters. The zero-order chi connectivity index (χ0) is 13.2. The number of hydrogen-bond donors (Lipinski definition) is 2. The summed E-state index contributed by atoms with van der Waals surface area (Å²) < 4.78 is 26.7. The summed E-state index contributed by atoms with van der Waals surface area (Å²) in [5.41, 5.74) is 0. The van der Waals surface area contributed by atoms with Crippen molar-refractivity contribution in [1.82, 2.24) is 4.72 Å². The summed E-state index contributed by atoms with van der Waals surface area (Å²) >= 11 is 5.72. The van der Waals surface area contributed by atoms with E-state index in [0.29, 0.717) is 17.9 Å². The summed E-state index contributed by atoms with van der Waals surface area (Å²) in [6.07, 6.45) is 2.60. The van der Waals surface area contributed by atoms with Gasteiger partial charge in [-0.1, -0.05) is 24.4 Å². The highest BCUT2D eigenvalue weighted by atomic mass is 35.5. The van der Waals surface area contributed by atoms with E-state index in [-0.39, 0.29) is 10.9 Å². The predicted octanol–water partition coefficient (Wildman–Crippen LogP) is 1.92. The monoisotopic (exact) mass is 289 g/mol. The molecule has 0 heterocycles. The zero-order valence-corrected chi connectivity index (χ0v) is 11.4. The largest absolute Gasteiger partial charge is 0.391 e. The SMILES string of the molecule is O=S(=O)(N[C@@H]1CCCC[C@H]1O)c1ccc(Cl)cc1. The molecule has 100 valence electrons. The summed E-state index contributed by atoms with van der Waals surface area (Å²) in [6.45, 7) is 0. The van der Waals surface area contributed by atoms with E-state index in [1.807, 2.05) is 0 Å². The molecule has 0 saturated heterocycles. The van der Waals surface area contributed by atoms with Gasteiger partial charge in [-0.15, -0.1) is 0 Å². The molecule has 0 spiro atoms. The first-order valence-electron chi connectivity index (χ1n) is 5.95. The van der Waals surface area contributed by atoms with Crippen molar-refractivity contribution in [1.29, 1.82) is 0 Å². The van der Waals surface area contributed by atoms with Gasteiger partial charge in [0.15, 0.2) is 0 Å². The van der Waals surface area contributed by atoms with E-state index in [1.54, 1.807) is 0 Å². The van der Waals surface area contributed by atoms with E-state index in [0.717, 1.165) is 12.8 Å². The number of aliphatic hydroxyl groups is 1. The topological polar surface area (TPSA) is 66.4 Å². The third kappa shape index (κ3) is 3.23. The lowest BCUT2D eigenvalue weighted by Crippen LogP contribution is -2.44. The first kappa shape index (κ1) is 13.8. The highest BCUT2D eigenvalue weighted by molar-refractivity contribution is 7.89. The Labute approximate surface area is 112 Å². The van der Waals surface area contributed by atoms with Crippen molar-refractivity contribution in [3.63, 3.8) is 0 Å². The molecule has 0 amide bonds. The average molecular weight is 290 g/mol. The van der Waals surface area contributed by atoms with E-state index in [2.05, 4.69) is 4.72 Å². The molecule has 4 nitrogen and oxygen atoms in total. The molecule has 1 aromatic rings. The number of hydrogen-bond acceptors (Lipinski definition) is 3. The van der Waals surface area contributed by atoms with Crippen molar-refractivity contribution in [3.05, 3.63) is 29.3 Å². The molecule has 0 radical (unpaired) electrons. The number of aliphatic hydroxyl groups excluding tert-OH is 1. The number of nitrogens with one attached hydrogen (secondary N) is 1. The number of rotatable bonds is 3. The summed E-state index contributed by atoms with van der Waals surface area (Å²) in [4.78, 5) is 0.171. The van der Waals surface area contributed by atoms with Crippen LogP contribution in [0.25, 0.3) is 0 Å². The van der Waals surface area contributed by atoms with E-state index in [4.69, 9.17) is 11.6 Å². The third-order valence-corrected chi connectivity index (χ3v) is 4.92. The van der Waals surface area contributed by atoms with Crippen LogP contribution in [0.1, 0.15) is 25.7 Å². The number of benzene rings is 1. The molecule has 18 heavy (non-hydrogen) atoms. The molecule has 1 aliphatic rings. The van der Waals surface area contributed by atoms with Crippen LogP contribution in [0.3, 0.4) is 0 Å². The summed E-state index contributed by atoms with van der Waals surface area (Å²) in [7, 11) is -3.58. The first-order chi connectivity index (χ1) is 8.49. The van der Waals surface area contributed by atoms with Gasteiger partial charge in [0.2, 0.25) is 10.0 Å². The maximum atomic E-state index is 12.1. The van der Waals surface area contributed by atoms with Crippen molar-refractivity contribution in [3.8, 4) is 0 Å². The molecule has 0 bridgehead atoms. The minimum atomic E-state index is -3.58. The van der Waals surface area contributed by atoms with Gasteiger partial charge in [0.05, 0.1) is 11.0 Å². The van der Waals surface area contributed by atoms with Crippen molar-refractivity contribution in [2.75, 3.05) is 0 Å². The molecule has 1 fully saturated rings. The fourth-order valence-electron chi connectivity index (χ4n) is 2.13. The normalized spacial score (nSPS) is 25.0. The van der Waals surface area contributed by atoms with Gasteiger partial charge in [-0.25, -0.2) is 13.1 Å². The molecule has 1 aliphatic carbocycles. The Kier molecular flexibility index (Phi) is 4.27. The van der Waals surface area contributed by atoms with Crippen LogP contribution in [0.5, 0.6) is 0 Å². The molecule has 2 rings (SSSR count). The standard InChI is InChI=1S/C12H16ClNO3S/c13-9-5-7-10(8-6-9)18(16,17)14-11-3-1-2-4-12(11)15/h5-8,11-12,14-15H,1-4H2/t11-,12-/m1/s1. The van der Waals surface area contributed by atoms with Crippen LogP contribution in [0.15, 0.2) is 29.2 Å². The van der Waals surface area contributed by atoms with Crippen LogP contribution < -0.4 is 4.72 Å². The molecule has 0 aromatic heterocycles. The zero-order valence-electron chi connectivity index (χ0n) is 9.84. The van der Waals surface area contributed by atoms with Gasteiger partial charge in [0.1, 0.15) is 0 Å². The lowest BCUT2D eigenvalue weighted by molar-refractivity contribution is 0.101. The molecule has 0 unspecified atom stereocenters. The van der Waals surface area contributed by atoms with Crippen molar-refractivity contribution in [2.45, 2.75) is 42.7 Å². The van der Waals surface area contributed by atoms with Gasteiger partial charge in [0.25, 0.3) is 0 Å². The quantitative estimate of drug-likeness (QED) is 0.893. The van der Waals surface area contributed by atoms with E-state index < -0.39 is 16.1 Å². The average Bonchev–Trinajstić information content (AvgIpc) is 2.32. The second kappa shape index (κ2) is 5.57. The van der Waals surface area contributed by atoms with Gasteiger partial charge in [0, 0.05) is 11.1 Å². The second-order valence-electron chi connectivity index (χ2n) is 4.53. The Bertz CT molecular complexity index is 501. The third-order valence-electron chi connectivity index (χ3n) is 3.16. The fraction of sp³-hybridized carbons (Fsp3) is 0.500. The molecule has 6 heteroatoms. The van der Waals surface area contributed by atoms with E-state index >= 15 is 0 Å². The maximum Gasteiger partial charge on any atom is 0.240 e. The van der Waals surface area contributed by atoms with Crippen molar-refractivity contribution in [2.24, 2.45) is 0 Å². The predicted molar refractivity (Wildman–Crippen MR) is 70.0 cm³/mol. The van der Waals surface area contributed by atoms with Gasteiger partial charge in [-0.05, 0) is 37.1 Å². The van der Waals surface area contributed by atoms with Crippen LogP contribution >= 0.6 is 11.6 Å².